The SMILES string of the molecule is CCCNC(C)(CCOC1CCCC(OC)C1)C(=O)O. The van der Waals surface area contributed by atoms with Crippen molar-refractivity contribution in [3.63, 3.8) is 0 Å². The van der Waals surface area contributed by atoms with Gasteiger partial charge in [-0.2, -0.15) is 0 Å². The second kappa shape index (κ2) is 8.60. The molecular weight excluding hydrogens is 258 g/mol. The van der Waals surface area contributed by atoms with E-state index in [1.165, 1.54) is 0 Å². The van der Waals surface area contributed by atoms with E-state index < -0.39 is 11.5 Å². The van der Waals surface area contributed by atoms with Crippen LogP contribution in [0.4, 0.5) is 0 Å². The maximum Gasteiger partial charge on any atom is 0.323 e. The van der Waals surface area contributed by atoms with Crippen LogP contribution in [0.3, 0.4) is 0 Å². The number of carbonyl (C=O) groups is 1. The summed E-state index contributed by atoms with van der Waals surface area (Å²) >= 11 is 0. The van der Waals surface area contributed by atoms with E-state index in [1.807, 2.05) is 6.92 Å². The Hall–Kier alpha value is -0.650. The Morgan fingerprint density at radius 1 is 1.40 bits per heavy atom. The van der Waals surface area contributed by atoms with Gasteiger partial charge in [0.2, 0.25) is 0 Å². The molecule has 0 radical (unpaired) electrons. The Kier molecular flexibility index (Phi) is 7.48. The van der Waals surface area contributed by atoms with Gasteiger partial charge in [-0.05, 0) is 52.0 Å². The first-order valence-electron chi connectivity index (χ1n) is 7.64. The quantitative estimate of drug-likeness (QED) is 0.680. The predicted octanol–water partition coefficient (Wildman–Crippen LogP) is 2.19. The molecule has 1 rings (SSSR count). The highest BCUT2D eigenvalue weighted by molar-refractivity contribution is 5.78. The minimum absolute atomic E-state index is 0.206. The Labute approximate surface area is 122 Å². The molecule has 0 amide bonds. The van der Waals surface area contributed by atoms with Crippen LogP contribution in [0.25, 0.3) is 0 Å². The van der Waals surface area contributed by atoms with Crippen LogP contribution in [0.15, 0.2) is 0 Å². The van der Waals surface area contributed by atoms with Gasteiger partial charge in [0, 0.05) is 13.7 Å². The van der Waals surface area contributed by atoms with Gasteiger partial charge in [0.1, 0.15) is 5.54 Å². The van der Waals surface area contributed by atoms with E-state index in [0.29, 0.717) is 19.6 Å². The summed E-state index contributed by atoms with van der Waals surface area (Å²) in [5, 5.41) is 12.4. The monoisotopic (exact) mass is 287 g/mol. The fraction of sp³-hybridized carbons (Fsp3) is 0.933. The van der Waals surface area contributed by atoms with Crippen molar-refractivity contribution in [2.75, 3.05) is 20.3 Å². The summed E-state index contributed by atoms with van der Waals surface area (Å²) in [5.41, 5.74) is -0.897. The van der Waals surface area contributed by atoms with Gasteiger partial charge in [-0.25, -0.2) is 0 Å². The molecule has 1 aliphatic rings. The highest BCUT2D eigenvalue weighted by atomic mass is 16.5. The molecule has 5 nitrogen and oxygen atoms in total. The van der Waals surface area contributed by atoms with E-state index in [0.717, 1.165) is 32.1 Å². The van der Waals surface area contributed by atoms with Crippen LogP contribution >= 0.6 is 0 Å². The number of hydrogen-bond acceptors (Lipinski definition) is 4. The molecule has 0 aromatic rings. The fourth-order valence-corrected chi connectivity index (χ4v) is 2.57. The molecule has 118 valence electrons. The van der Waals surface area contributed by atoms with Gasteiger partial charge in [-0.1, -0.05) is 6.92 Å². The normalized spacial score (nSPS) is 26.1. The first-order chi connectivity index (χ1) is 9.51. The van der Waals surface area contributed by atoms with Crippen molar-refractivity contribution in [1.29, 1.82) is 0 Å². The van der Waals surface area contributed by atoms with Crippen molar-refractivity contribution in [3.8, 4) is 0 Å². The lowest BCUT2D eigenvalue weighted by Gasteiger charge is -2.30. The van der Waals surface area contributed by atoms with Gasteiger partial charge >= 0.3 is 5.97 Å². The highest BCUT2D eigenvalue weighted by Gasteiger charge is 2.32. The number of rotatable bonds is 9. The molecular formula is C15H29NO4. The van der Waals surface area contributed by atoms with E-state index >= 15 is 0 Å². The number of aliphatic carboxylic acids is 1. The largest absolute Gasteiger partial charge is 0.480 e. The number of hydrogen-bond donors (Lipinski definition) is 2. The van der Waals surface area contributed by atoms with Crippen LogP contribution in [-0.2, 0) is 14.3 Å². The molecule has 3 unspecified atom stereocenters. The molecule has 2 N–H and O–H groups in total. The third-order valence-corrected chi connectivity index (χ3v) is 4.10. The highest BCUT2D eigenvalue weighted by Crippen LogP contribution is 2.23. The van der Waals surface area contributed by atoms with E-state index in [-0.39, 0.29) is 12.2 Å². The van der Waals surface area contributed by atoms with Crippen molar-refractivity contribution in [3.05, 3.63) is 0 Å². The molecule has 0 saturated heterocycles. The van der Waals surface area contributed by atoms with E-state index in [9.17, 15) is 9.90 Å². The Morgan fingerprint density at radius 2 is 2.10 bits per heavy atom. The van der Waals surface area contributed by atoms with Gasteiger partial charge < -0.3 is 19.9 Å². The number of carboxylic acid groups (broad SMARTS) is 1. The average Bonchev–Trinajstić information content (AvgIpc) is 2.45. The molecule has 0 aromatic heterocycles. The Morgan fingerprint density at radius 3 is 2.70 bits per heavy atom. The van der Waals surface area contributed by atoms with Crippen LogP contribution in [0.5, 0.6) is 0 Å². The van der Waals surface area contributed by atoms with Crippen molar-refractivity contribution in [2.45, 2.75) is 70.1 Å². The van der Waals surface area contributed by atoms with Crippen molar-refractivity contribution in [2.24, 2.45) is 0 Å². The maximum atomic E-state index is 11.4. The summed E-state index contributed by atoms with van der Waals surface area (Å²) in [7, 11) is 1.74. The summed E-state index contributed by atoms with van der Waals surface area (Å²) in [6, 6.07) is 0. The lowest BCUT2D eigenvalue weighted by atomic mass is 9.94. The molecule has 1 saturated carbocycles. The second-order valence-corrected chi connectivity index (χ2v) is 5.83. The van der Waals surface area contributed by atoms with Crippen LogP contribution < -0.4 is 5.32 Å². The minimum atomic E-state index is -0.897. The minimum Gasteiger partial charge on any atom is -0.480 e. The van der Waals surface area contributed by atoms with Crippen molar-refractivity contribution < 1.29 is 19.4 Å². The van der Waals surface area contributed by atoms with E-state index in [2.05, 4.69) is 5.32 Å². The molecule has 5 heteroatoms. The third kappa shape index (κ3) is 5.38. The van der Waals surface area contributed by atoms with Crippen molar-refractivity contribution in [1.82, 2.24) is 5.32 Å². The van der Waals surface area contributed by atoms with E-state index in [1.54, 1.807) is 14.0 Å². The van der Waals surface area contributed by atoms with Crippen LogP contribution in [0, 0.1) is 0 Å². The summed E-state index contributed by atoms with van der Waals surface area (Å²) in [6.45, 7) is 4.93. The fourth-order valence-electron chi connectivity index (χ4n) is 2.57. The zero-order chi connectivity index (χ0) is 15.0. The van der Waals surface area contributed by atoms with Crippen molar-refractivity contribution >= 4 is 5.97 Å². The molecule has 0 bridgehead atoms. The van der Waals surface area contributed by atoms with Crippen LogP contribution in [0.2, 0.25) is 0 Å². The first kappa shape index (κ1) is 17.4. The topological polar surface area (TPSA) is 67.8 Å². The number of ether oxygens (including phenoxy) is 2. The smallest absolute Gasteiger partial charge is 0.323 e. The Balaban J connectivity index is 2.34. The summed E-state index contributed by atoms with van der Waals surface area (Å²) in [5.74, 6) is -0.812. The second-order valence-electron chi connectivity index (χ2n) is 5.83. The zero-order valence-electron chi connectivity index (χ0n) is 13.0. The molecule has 0 heterocycles. The zero-order valence-corrected chi connectivity index (χ0v) is 13.0. The van der Waals surface area contributed by atoms with Gasteiger partial charge in [-0.15, -0.1) is 0 Å². The molecule has 1 aliphatic carbocycles. The molecule has 0 spiro atoms. The van der Waals surface area contributed by atoms with Gasteiger partial charge in [0.25, 0.3) is 0 Å². The lowest BCUT2D eigenvalue weighted by Crippen LogP contribution is -2.50. The number of methoxy groups -OCH3 is 1. The van der Waals surface area contributed by atoms with Crippen LogP contribution in [-0.4, -0.2) is 49.1 Å². The van der Waals surface area contributed by atoms with Crippen LogP contribution in [0.1, 0.15) is 52.4 Å². The standard InChI is InChI=1S/C15H29NO4/c1-4-9-16-15(2,14(17)18)8-10-20-13-7-5-6-12(11-13)19-3/h12-13,16H,4-11H2,1-3H3,(H,17,18). The number of carboxylic acids is 1. The molecule has 1 fully saturated rings. The predicted molar refractivity (Wildman–Crippen MR) is 78.0 cm³/mol. The molecule has 0 aliphatic heterocycles. The molecule has 20 heavy (non-hydrogen) atoms. The van der Waals surface area contributed by atoms with Gasteiger partial charge in [-0.3, -0.25) is 4.79 Å². The third-order valence-electron chi connectivity index (χ3n) is 4.10. The number of nitrogens with one attached hydrogen (secondary N) is 1. The van der Waals surface area contributed by atoms with E-state index in [4.69, 9.17) is 9.47 Å². The lowest BCUT2D eigenvalue weighted by molar-refractivity contribution is -0.145. The average molecular weight is 287 g/mol. The summed E-state index contributed by atoms with van der Waals surface area (Å²) in [4.78, 5) is 11.4. The maximum absolute atomic E-state index is 11.4. The Bertz CT molecular complexity index is 298. The molecule has 3 atom stereocenters. The summed E-state index contributed by atoms with van der Waals surface area (Å²) < 4.78 is 11.2. The first-order valence-corrected chi connectivity index (χ1v) is 7.64. The summed E-state index contributed by atoms with van der Waals surface area (Å²) in [6.07, 6.45) is 6.08. The van der Waals surface area contributed by atoms with Gasteiger partial charge in [0.05, 0.1) is 12.2 Å². The molecule has 0 aromatic carbocycles. The van der Waals surface area contributed by atoms with Gasteiger partial charge in [0.15, 0.2) is 0 Å².